The van der Waals surface area contributed by atoms with Gasteiger partial charge in [0, 0.05) is 24.2 Å². The molecule has 0 atom stereocenters. The van der Waals surface area contributed by atoms with E-state index in [-0.39, 0.29) is 23.1 Å². The van der Waals surface area contributed by atoms with Gasteiger partial charge in [-0.2, -0.15) is 0 Å². The molecule has 4 rings (SSSR count). The Morgan fingerprint density at radius 3 is 2.59 bits per heavy atom. The van der Waals surface area contributed by atoms with Crippen LogP contribution in [0.4, 0.5) is 0 Å². The fourth-order valence-electron chi connectivity index (χ4n) is 4.39. The molecule has 0 N–H and O–H groups in total. The third-order valence-electron chi connectivity index (χ3n) is 5.88. The maximum Gasteiger partial charge on any atom is 0.265 e. The van der Waals surface area contributed by atoms with Crippen LogP contribution in [0.15, 0.2) is 59.5 Å². The van der Waals surface area contributed by atoms with Crippen LogP contribution in [-0.2, 0) is 6.54 Å². The zero-order valence-corrected chi connectivity index (χ0v) is 16.9. The molecular weight excluding hydrogens is 362 g/mol. The highest BCUT2D eigenvalue weighted by Gasteiger charge is 2.27. The van der Waals surface area contributed by atoms with Crippen LogP contribution in [0.5, 0.6) is 0 Å². The summed E-state index contributed by atoms with van der Waals surface area (Å²) in [5.74, 6) is -0.156. The maximum atomic E-state index is 13.4. The Labute approximate surface area is 171 Å². The first-order valence-corrected chi connectivity index (χ1v) is 10.5. The molecule has 3 aromatic rings. The minimum Gasteiger partial charge on any atom is -0.336 e. The van der Waals surface area contributed by atoms with Crippen LogP contribution in [0.2, 0.25) is 0 Å². The van der Waals surface area contributed by atoms with Gasteiger partial charge in [0.1, 0.15) is 11.2 Å². The normalized spacial score (nSPS) is 14.8. The number of hydrogen-bond donors (Lipinski definition) is 0. The van der Waals surface area contributed by atoms with Crippen LogP contribution < -0.4 is 5.56 Å². The van der Waals surface area contributed by atoms with Crippen LogP contribution in [0.1, 0.15) is 54.9 Å². The summed E-state index contributed by atoms with van der Waals surface area (Å²) in [6.45, 7) is 3.01. The molecule has 0 aliphatic heterocycles. The summed E-state index contributed by atoms with van der Waals surface area (Å²) in [6, 6.07) is 15.5. The molecule has 2 aromatic heterocycles. The molecule has 0 unspecified atom stereocenters. The fourth-order valence-corrected chi connectivity index (χ4v) is 4.39. The molecule has 29 heavy (non-hydrogen) atoms. The zero-order valence-electron chi connectivity index (χ0n) is 16.9. The molecule has 2 heterocycles. The number of rotatable bonds is 5. The van der Waals surface area contributed by atoms with Gasteiger partial charge in [-0.3, -0.25) is 14.2 Å². The van der Waals surface area contributed by atoms with Crippen molar-refractivity contribution in [2.24, 2.45) is 0 Å². The second-order valence-electron chi connectivity index (χ2n) is 7.73. The van der Waals surface area contributed by atoms with E-state index < -0.39 is 0 Å². The highest BCUT2D eigenvalue weighted by atomic mass is 16.2. The second-order valence-corrected chi connectivity index (χ2v) is 7.73. The van der Waals surface area contributed by atoms with E-state index in [1.165, 1.54) is 6.42 Å². The summed E-state index contributed by atoms with van der Waals surface area (Å²) >= 11 is 0. The Morgan fingerprint density at radius 1 is 1.10 bits per heavy atom. The van der Waals surface area contributed by atoms with Crippen molar-refractivity contribution in [2.45, 2.75) is 51.6 Å². The van der Waals surface area contributed by atoms with Gasteiger partial charge < -0.3 is 4.90 Å². The monoisotopic (exact) mass is 389 g/mol. The van der Waals surface area contributed by atoms with Crippen molar-refractivity contribution in [3.63, 3.8) is 0 Å². The first kappa shape index (κ1) is 19.4. The molecular formula is C24H27N3O2. The first-order chi connectivity index (χ1) is 14.2. The van der Waals surface area contributed by atoms with Gasteiger partial charge in [-0.05, 0) is 43.5 Å². The van der Waals surface area contributed by atoms with Crippen molar-refractivity contribution < 1.29 is 4.79 Å². The maximum absolute atomic E-state index is 13.4. The van der Waals surface area contributed by atoms with Gasteiger partial charge in [0.25, 0.3) is 11.5 Å². The molecule has 5 heteroatoms. The highest BCUT2D eigenvalue weighted by molar-refractivity contribution is 5.97. The summed E-state index contributed by atoms with van der Waals surface area (Å²) < 4.78 is 1.63. The third-order valence-corrected chi connectivity index (χ3v) is 5.88. The van der Waals surface area contributed by atoms with E-state index in [1.807, 2.05) is 54.3 Å². The number of benzene rings is 1. The SMILES string of the molecule is CCN(C(=O)c1cc2cccnc2n(Cc2ccccc2)c1=O)C1CCCCC1. The summed E-state index contributed by atoms with van der Waals surface area (Å²) in [5.41, 5.74) is 1.59. The Bertz CT molecular complexity index is 1050. The van der Waals surface area contributed by atoms with Crippen LogP contribution in [0.3, 0.4) is 0 Å². The average molecular weight is 389 g/mol. The van der Waals surface area contributed by atoms with E-state index in [4.69, 9.17) is 0 Å². The summed E-state index contributed by atoms with van der Waals surface area (Å²) in [5, 5.41) is 0.811. The van der Waals surface area contributed by atoms with Crippen molar-refractivity contribution in [2.75, 3.05) is 6.54 Å². The molecule has 1 saturated carbocycles. The van der Waals surface area contributed by atoms with Gasteiger partial charge in [0.05, 0.1) is 6.54 Å². The molecule has 1 aliphatic carbocycles. The van der Waals surface area contributed by atoms with Crippen molar-refractivity contribution in [1.82, 2.24) is 14.5 Å². The van der Waals surface area contributed by atoms with Crippen LogP contribution in [-0.4, -0.2) is 32.9 Å². The van der Waals surface area contributed by atoms with Gasteiger partial charge in [0.15, 0.2) is 0 Å². The summed E-state index contributed by atoms with van der Waals surface area (Å²) in [7, 11) is 0. The second kappa shape index (κ2) is 8.60. The summed E-state index contributed by atoms with van der Waals surface area (Å²) in [6.07, 6.45) is 7.25. The number of nitrogens with zero attached hydrogens (tertiary/aromatic N) is 3. The van der Waals surface area contributed by atoms with E-state index in [2.05, 4.69) is 4.98 Å². The molecule has 150 valence electrons. The Morgan fingerprint density at radius 2 is 1.86 bits per heavy atom. The number of fused-ring (bicyclic) bond motifs is 1. The van der Waals surface area contributed by atoms with Crippen molar-refractivity contribution >= 4 is 16.9 Å². The largest absolute Gasteiger partial charge is 0.336 e. The van der Waals surface area contributed by atoms with Gasteiger partial charge in [-0.1, -0.05) is 49.6 Å². The van der Waals surface area contributed by atoms with Crippen LogP contribution in [0.25, 0.3) is 11.0 Å². The predicted molar refractivity (Wildman–Crippen MR) is 115 cm³/mol. The lowest BCUT2D eigenvalue weighted by Gasteiger charge is -2.33. The Hall–Kier alpha value is -2.95. The fraction of sp³-hybridized carbons (Fsp3) is 0.375. The zero-order chi connectivity index (χ0) is 20.2. The molecule has 0 bridgehead atoms. The minimum atomic E-state index is -0.265. The first-order valence-electron chi connectivity index (χ1n) is 10.5. The highest BCUT2D eigenvalue weighted by Crippen LogP contribution is 2.24. The van der Waals surface area contributed by atoms with Gasteiger partial charge in [-0.25, -0.2) is 4.98 Å². The van der Waals surface area contributed by atoms with Crippen molar-refractivity contribution in [1.29, 1.82) is 0 Å². The molecule has 5 nitrogen and oxygen atoms in total. The standard InChI is InChI=1S/C24H27N3O2/c1-2-26(20-13-7-4-8-14-20)23(28)21-16-19-12-9-15-25-22(19)27(24(21)29)17-18-10-5-3-6-11-18/h3,5-6,9-12,15-16,20H,2,4,7-8,13-14,17H2,1H3. The molecule has 0 spiro atoms. The lowest BCUT2D eigenvalue weighted by atomic mass is 9.93. The van der Waals surface area contributed by atoms with Crippen molar-refractivity contribution in [3.8, 4) is 0 Å². The minimum absolute atomic E-state index is 0.156. The van der Waals surface area contributed by atoms with Gasteiger partial charge >= 0.3 is 0 Å². The quantitative estimate of drug-likeness (QED) is 0.656. The lowest BCUT2D eigenvalue weighted by Crippen LogP contribution is -2.44. The van der Waals surface area contributed by atoms with E-state index in [0.717, 1.165) is 36.6 Å². The molecule has 1 aromatic carbocycles. The number of amides is 1. The molecule has 1 aliphatic rings. The molecule has 0 radical (unpaired) electrons. The van der Waals surface area contributed by atoms with E-state index in [0.29, 0.717) is 18.7 Å². The van der Waals surface area contributed by atoms with E-state index >= 15 is 0 Å². The number of carbonyl (C=O) groups is 1. The molecule has 1 fully saturated rings. The smallest absolute Gasteiger partial charge is 0.265 e. The summed E-state index contributed by atoms with van der Waals surface area (Å²) in [4.78, 5) is 33.2. The lowest BCUT2D eigenvalue weighted by molar-refractivity contribution is 0.0645. The number of pyridine rings is 2. The number of hydrogen-bond acceptors (Lipinski definition) is 3. The van der Waals surface area contributed by atoms with Crippen molar-refractivity contribution in [3.05, 3.63) is 76.2 Å². The number of carbonyl (C=O) groups excluding carboxylic acids is 1. The topological polar surface area (TPSA) is 55.2 Å². The van der Waals surface area contributed by atoms with Gasteiger partial charge in [-0.15, -0.1) is 0 Å². The average Bonchev–Trinajstić information content (AvgIpc) is 2.77. The predicted octanol–water partition coefficient (Wildman–Crippen LogP) is 4.24. The Balaban J connectivity index is 1.79. The number of aromatic nitrogens is 2. The molecule has 1 amide bonds. The van der Waals surface area contributed by atoms with E-state index in [1.54, 1.807) is 16.8 Å². The van der Waals surface area contributed by atoms with Crippen LogP contribution >= 0.6 is 0 Å². The van der Waals surface area contributed by atoms with E-state index in [9.17, 15) is 9.59 Å². The third kappa shape index (κ3) is 3.95. The Kier molecular flexibility index (Phi) is 5.74. The molecule has 0 saturated heterocycles. The van der Waals surface area contributed by atoms with Crippen LogP contribution in [0, 0.1) is 0 Å². The van der Waals surface area contributed by atoms with Gasteiger partial charge in [0.2, 0.25) is 0 Å².